The third-order valence-electron chi connectivity index (χ3n) is 18.2. The average Bonchev–Trinajstić information content (AvgIpc) is 3.01. The molecule has 25 heteroatoms. The molecule has 0 bridgehead atoms. The Morgan fingerprint density at radius 1 is 0.864 bits per heavy atom. The molecular weight excluding hydrogens is 1180 g/mol. The van der Waals surface area contributed by atoms with Gasteiger partial charge in [-0.3, -0.25) is 14.6 Å². The Morgan fingerprint density at radius 3 is 2.35 bits per heavy atom. The standard InChI is InChI=1S/C63H81N5O18S2/c1-33-34(2)51(72)49(35(3)50(33)71)62(4,5)31-48(70)67(7)21-22-68(61(80)84-38-11-15-43-45(30-38)88-57(65-43)56-66-44(32-87-56)58(76)77)23-26-82-28-27-81-25-18-47(69)64-20-8-24-83-37-10-13-39-36(29-37)9-12-41-40(39)17-19-63(6)42(41)14-16-46(63)85-60-54(75)52(73)53(74)55(86-60)59(78)79/h10-11,13,15,29-30,40-42,44,46,52-55,60,71-75H,2-3,8-9,12,14,16-28,31-32H2,1,4-7H3,(H,64,69)(H,76,77)(H,78,79). The summed E-state index contributed by atoms with van der Waals surface area (Å²) in [7, 11) is 1.61. The van der Waals surface area contributed by atoms with Crippen LogP contribution >= 0.6 is 23.1 Å². The van der Waals surface area contributed by atoms with Crippen LogP contribution in [0.15, 0.2) is 41.4 Å². The number of aryl methyl sites for hydroxylation is 1. The molecule has 3 heterocycles. The fraction of sp³-hybridized carbons (Fsp3) is 0.571. The fourth-order valence-electron chi connectivity index (χ4n) is 13.2. The van der Waals surface area contributed by atoms with Crippen LogP contribution in [-0.4, -0.2) is 200 Å². The molecule has 3 amide bonds. The van der Waals surface area contributed by atoms with E-state index < -0.39 is 60.2 Å². The van der Waals surface area contributed by atoms with Crippen molar-refractivity contribution in [2.24, 2.45) is 22.2 Å². The van der Waals surface area contributed by atoms with Gasteiger partial charge in [-0.1, -0.05) is 40.0 Å². The molecule has 8 N–H and O–H groups in total. The van der Waals surface area contributed by atoms with E-state index in [2.05, 4.69) is 47.5 Å². The summed E-state index contributed by atoms with van der Waals surface area (Å²) in [6.45, 7) is 16.9. The topological polar surface area (TPSA) is 326 Å². The molecule has 0 spiro atoms. The molecule has 1 aromatic heterocycles. The number of rotatable bonds is 26. The van der Waals surface area contributed by atoms with Gasteiger partial charge in [0, 0.05) is 84.9 Å². The molecule has 3 aliphatic carbocycles. The predicted molar refractivity (Wildman–Crippen MR) is 327 cm³/mol. The van der Waals surface area contributed by atoms with Crippen LogP contribution in [0.2, 0.25) is 0 Å². The number of ether oxygens (including phenoxy) is 6. The summed E-state index contributed by atoms with van der Waals surface area (Å²) in [5, 5.41) is 76.4. The summed E-state index contributed by atoms with van der Waals surface area (Å²) in [5.74, 6) is -0.675. The molecule has 5 aliphatic rings. The number of hydrogen-bond donors (Lipinski definition) is 8. The maximum absolute atomic E-state index is 13.9. The van der Waals surface area contributed by atoms with Crippen molar-refractivity contribution < 1.29 is 88.1 Å². The van der Waals surface area contributed by atoms with Crippen molar-refractivity contribution in [2.75, 3.05) is 72.0 Å². The zero-order valence-corrected chi connectivity index (χ0v) is 51.9. The lowest BCUT2D eigenvalue weighted by Crippen LogP contribution is -2.61. The van der Waals surface area contributed by atoms with Gasteiger partial charge in [0.15, 0.2) is 18.4 Å². The van der Waals surface area contributed by atoms with Gasteiger partial charge in [-0.2, -0.15) is 0 Å². The van der Waals surface area contributed by atoms with Gasteiger partial charge in [0.1, 0.15) is 51.4 Å². The number of aliphatic carboxylic acids is 2. The number of benzene rings is 3. The number of thioether (sulfide) groups is 1. The maximum atomic E-state index is 13.9. The molecule has 4 aromatic rings. The third kappa shape index (κ3) is 14.6. The number of aliphatic hydroxyl groups excluding tert-OH is 3. The number of likely N-dealkylation sites (N-methyl/N-ethyl adjacent to an activating group) is 1. The van der Waals surface area contributed by atoms with Crippen LogP contribution < -0.4 is 25.2 Å². The van der Waals surface area contributed by atoms with E-state index in [0.717, 1.165) is 37.9 Å². The lowest BCUT2D eigenvalue weighted by atomic mass is 9.55. The second-order valence-electron chi connectivity index (χ2n) is 24.4. The molecule has 11 atom stereocenters. The molecule has 2 saturated carbocycles. The van der Waals surface area contributed by atoms with Crippen molar-refractivity contribution in [2.45, 2.75) is 140 Å². The van der Waals surface area contributed by atoms with Gasteiger partial charge in [0.05, 0.1) is 49.4 Å². The quantitative estimate of drug-likeness (QED) is 0.0316. The molecule has 11 unspecified atom stereocenters. The average molecular weight is 1260 g/mol. The third-order valence-corrected chi connectivity index (χ3v) is 20.5. The number of carboxylic acid groups (broad SMARTS) is 2. The summed E-state index contributed by atoms with van der Waals surface area (Å²) in [4.78, 5) is 75.3. The zero-order valence-electron chi connectivity index (χ0n) is 50.3. The molecule has 3 fully saturated rings. The summed E-state index contributed by atoms with van der Waals surface area (Å²) >= 11 is 2.62. The first-order chi connectivity index (χ1) is 41.9. The van der Waals surface area contributed by atoms with E-state index >= 15 is 0 Å². The van der Waals surface area contributed by atoms with E-state index in [-0.39, 0.29) is 110 Å². The number of aromatic hydroxyl groups is 2. The number of carbonyl (C=O) groups is 5. The number of aliphatic hydroxyl groups is 3. The predicted octanol–water partition coefficient (Wildman–Crippen LogP) is 4.55. The second kappa shape index (κ2) is 28.2. The van der Waals surface area contributed by atoms with Crippen LogP contribution in [0.3, 0.4) is 0 Å². The van der Waals surface area contributed by atoms with Crippen molar-refractivity contribution in [3.05, 3.63) is 74.1 Å². The Hall–Kier alpha value is -6.42. The maximum Gasteiger partial charge on any atom is 0.415 e. The molecular formula is C63H81N5O18S2. The number of hydrogen-bond acceptors (Lipinski definition) is 20. The smallest absolute Gasteiger partial charge is 0.415 e. The van der Waals surface area contributed by atoms with Gasteiger partial charge >= 0.3 is 18.0 Å². The van der Waals surface area contributed by atoms with Crippen LogP contribution in [0.25, 0.3) is 23.4 Å². The van der Waals surface area contributed by atoms with E-state index in [1.165, 1.54) is 44.0 Å². The molecule has 0 radical (unpaired) electrons. The Kier molecular flexibility index (Phi) is 21.1. The van der Waals surface area contributed by atoms with E-state index in [1.807, 2.05) is 6.07 Å². The summed E-state index contributed by atoms with van der Waals surface area (Å²) in [6.07, 6.45) is -3.16. The largest absolute Gasteiger partial charge is 0.507 e. The van der Waals surface area contributed by atoms with Crippen LogP contribution in [0, 0.1) is 24.2 Å². The summed E-state index contributed by atoms with van der Waals surface area (Å²) in [5.41, 5.74) is 2.75. The number of carboxylic acids is 2. The van der Waals surface area contributed by atoms with Crippen molar-refractivity contribution in [1.82, 2.24) is 20.1 Å². The number of amides is 3. The van der Waals surface area contributed by atoms with Gasteiger partial charge in [-0.25, -0.2) is 19.4 Å². The number of aliphatic imine (C=N–C) groups is 1. The van der Waals surface area contributed by atoms with Crippen LogP contribution in [0.4, 0.5) is 4.79 Å². The summed E-state index contributed by atoms with van der Waals surface area (Å²) < 4.78 is 36.0. The molecule has 1 saturated heterocycles. The van der Waals surface area contributed by atoms with Crippen LogP contribution in [-0.2, 0) is 50.0 Å². The van der Waals surface area contributed by atoms with Gasteiger partial charge in [0.25, 0.3) is 0 Å². The number of aromatic nitrogens is 1. The SMILES string of the molecule is C=c1c(C)c(O)c(=C)c(C(C)(C)CC(=O)N(C)CCN(CCOCCOCCC(=O)NCCCOc2ccc3c(c2)CCC2C3CCC3(C)C(OC4OC(C(=O)O)C(O)C(O)C4O)CCC23)C(=O)Oc2ccc3nc(C4=NC(C(=O)O)CS4)sc3c2)c1O. The lowest BCUT2D eigenvalue weighted by molar-refractivity contribution is -0.312. The minimum atomic E-state index is -1.77. The van der Waals surface area contributed by atoms with Gasteiger partial charge in [0.2, 0.25) is 11.8 Å². The Balaban J connectivity index is 0.690. The first-order valence-corrected chi connectivity index (χ1v) is 31.7. The van der Waals surface area contributed by atoms with Crippen molar-refractivity contribution in [1.29, 1.82) is 0 Å². The number of fused-ring (bicyclic) bond motifs is 6. The fourth-order valence-corrected chi connectivity index (χ4v) is 15.3. The Labute approximate surface area is 518 Å². The van der Waals surface area contributed by atoms with Crippen molar-refractivity contribution in [3.63, 3.8) is 0 Å². The van der Waals surface area contributed by atoms with E-state index in [4.69, 9.17) is 28.4 Å². The van der Waals surface area contributed by atoms with E-state index in [9.17, 15) is 59.7 Å². The van der Waals surface area contributed by atoms with Gasteiger partial charge < -0.3 is 79.3 Å². The molecule has 3 aromatic carbocycles. The number of carbonyl (C=O) groups excluding carboxylic acids is 3. The van der Waals surface area contributed by atoms with Crippen molar-refractivity contribution in [3.8, 4) is 23.0 Å². The number of nitrogens with one attached hydrogen (secondary N) is 1. The Bertz CT molecular complexity index is 3380. The van der Waals surface area contributed by atoms with Crippen LogP contribution in [0.1, 0.15) is 105 Å². The first kappa shape index (κ1) is 66.0. The van der Waals surface area contributed by atoms with Gasteiger partial charge in [-0.05, 0) is 110 Å². The molecule has 9 rings (SSSR count). The van der Waals surface area contributed by atoms with Crippen LogP contribution in [0.5, 0.6) is 23.0 Å². The van der Waals surface area contributed by atoms with Crippen molar-refractivity contribution >= 4 is 81.4 Å². The Morgan fingerprint density at radius 2 is 1.61 bits per heavy atom. The highest BCUT2D eigenvalue weighted by Crippen LogP contribution is 2.62. The number of phenols is 2. The molecule has 478 valence electrons. The minimum Gasteiger partial charge on any atom is -0.507 e. The first-order valence-electron chi connectivity index (χ1n) is 29.9. The highest BCUT2D eigenvalue weighted by molar-refractivity contribution is 8.15. The van der Waals surface area contributed by atoms with E-state index in [1.54, 1.807) is 46.0 Å². The second-order valence-corrected chi connectivity index (χ2v) is 26.5. The highest BCUT2D eigenvalue weighted by Gasteiger charge is 2.57. The zero-order chi connectivity index (χ0) is 63.4. The molecule has 2 aliphatic heterocycles. The minimum absolute atomic E-state index is 0.0597. The molecule has 23 nitrogen and oxygen atoms in total. The van der Waals surface area contributed by atoms with E-state index in [0.29, 0.717) is 80.9 Å². The highest BCUT2D eigenvalue weighted by atomic mass is 32.2. The lowest BCUT2D eigenvalue weighted by Gasteiger charge is -2.51. The number of thiazole rings is 1. The number of nitrogens with zero attached hydrogens (tertiary/aromatic N) is 4. The monoisotopic (exact) mass is 1260 g/mol. The molecule has 88 heavy (non-hydrogen) atoms. The number of phenolic OH excluding ortho intramolecular Hbond substituents is 2. The summed E-state index contributed by atoms with van der Waals surface area (Å²) in [6, 6.07) is 10.5. The normalized spacial score (nSPS) is 25.7. The van der Waals surface area contributed by atoms with Gasteiger partial charge in [-0.15, -0.1) is 23.1 Å².